The molecule has 0 unspecified atom stereocenters. The number of hydrogen-bond acceptors (Lipinski definition) is 3. The van der Waals surface area contributed by atoms with Crippen LogP contribution in [0.5, 0.6) is 0 Å². The lowest BCUT2D eigenvalue weighted by molar-refractivity contribution is -0.113. The van der Waals surface area contributed by atoms with Crippen LogP contribution in [0.3, 0.4) is 0 Å². The molecular weight excluding hydrogens is 206 g/mol. The van der Waals surface area contributed by atoms with Crippen molar-refractivity contribution in [2.75, 3.05) is 13.2 Å². The lowest BCUT2D eigenvalue weighted by Gasteiger charge is -2.33. The van der Waals surface area contributed by atoms with Crippen molar-refractivity contribution in [1.82, 2.24) is 0 Å². The van der Waals surface area contributed by atoms with E-state index in [2.05, 4.69) is 10.0 Å². The van der Waals surface area contributed by atoms with Crippen molar-refractivity contribution in [3.8, 4) is 0 Å². The van der Waals surface area contributed by atoms with Crippen LogP contribution in [0.4, 0.5) is 0 Å². The first kappa shape index (κ1) is 11.0. The van der Waals surface area contributed by atoms with Crippen LogP contribution in [0.1, 0.15) is 5.56 Å². The Bertz CT molecular complexity index is 376. The molecule has 0 radical (unpaired) electrons. The Labute approximate surface area is 93.6 Å². The molecule has 2 atom stereocenters. The van der Waals surface area contributed by atoms with Gasteiger partial charge in [-0.3, -0.25) is 0 Å². The van der Waals surface area contributed by atoms with E-state index in [0.29, 0.717) is 19.8 Å². The van der Waals surface area contributed by atoms with Crippen LogP contribution in [0.15, 0.2) is 35.4 Å². The van der Waals surface area contributed by atoms with Gasteiger partial charge in [0.05, 0.1) is 32.0 Å². The average molecular weight is 219 g/mol. The summed E-state index contributed by atoms with van der Waals surface area (Å²) in [6, 6.07) is 9.86. The molecule has 16 heavy (non-hydrogen) atoms. The van der Waals surface area contributed by atoms with Gasteiger partial charge in [-0.25, -0.2) is 0 Å². The first-order valence-corrected chi connectivity index (χ1v) is 5.17. The third kappa shape index (κ3) is 2.73. The quantitative estimate of drug-likeness (QED) is 0.433. The van der Waals surface area contributed by atoms with E-state index >= 15 is 0 Å². The molecule has 5 nitrogen and oxygen atoms in total. The molecular formula is C11H13N3O2. The molecule has 0 aromatic heterocycles. The molecule has 1 aliphatic rings. The summed E-state index contributed by atoms with van der Waals surface area (Å²) in [7, 11) is 0. The molecule has 1 heterocycles. The van der Waals surface area contributed by atoms with Gasteiger partial charge in [-0.15, -0.1) is 0 Å². The minimum Gasteiger partial charge on any atom is -0.375 e. The molecule has 0 aliphatic carbocycles. The van der Waals surface area contributed by atoms with Gasteiger partial charge in [0.1, 0.15) is 0 Å². The number of nitrogens with zero attached hydrogens (tertiary/aromatic N) is 3. The van der Waals surface area contributed by atoms with Gasteiger partial charge in [0.15, 0.2) is 0 Å². The van der Waals surface area contributed by atoms with E-state index in [1.165, 1.54) is 0 Å². The summed E-state index contributed by atoms with van der Waals surface area (Å²) in [4.78, 5) is 2.76. The van der Waals surface area contributed by atoms with Crippen molar-refractivity contribution in [2.45, 2.75) is 18.8 Å². The minimum absolute atomic E-state index is 0.0687. The molecule has 1 fully saturated rings. The molecule has 0 N–H and O–H groups in total. The van der Waals surface area contributed by atoms with E-state index in [9.17, 15) is 0 Å². The predicted molar refractivity (Wildman–Crippen MR) is 58.8 cm³/mol. The molecule has 1 aromatic carbocycles. The first-order valence-electron chi connectivity index (χ1n) is 5.17. The number of ether oxygens (including phenoxy) is 2. The van der Waals surface area contributed by atoms with Crippen molar-refractivity contribution >= 4 is 0 Å². The summed E-state index contributed by atoms with van der Waals surface area (Å²) in [5, 5.41) is 3.61. The zero-order valence-electron chi connectivity index (χ0n) is 8.82. The summed E-state index contributed by atoms with van der Waals surface area (Å²) in [6.07, 6.45) is -0.0837. The zero-order valence-corrected chi connectivity index (χ0v) is 8.82. The SMILES string of the molecule is [N-]=[N+]=N[C@@H]1CO[C@@H]1COCc1ccccc1. The maximum Gasteiger partial charge on any atom is 0.0915 e. The van der Waals surface area contributed by atoms with Gasteiger partial charge in [0.25, 0.3) is 0 Å². The normalized spacial score (nSPS) is 23.2. The van der Waals surface area contributed by atoms with Gasteiger partial charge in [-0.05, 0) is 11.1 Å². The molecule has 1 aromatic rings. The Balaban J connectivity index is 1.71. The molecule has 0 spiro atoms. The molecule has 5 heteroatoms. The summed E-state index contributed by atoms with van der Waals surface area (Å²) >= 11 is 0. The van der Waals surface area contributed by atoms with E-state index in [-0.39, 0.29) is 12.1 Å². The second-order valence-corrected chi connectivity index (χ2v) is 3.64. The standard InChI is InChI=1S/C11H13N3O2/c12-14-13-10-7-16-11(10)8-15-6-9-4-2-1-3-5-9/h1-5,10-11H,6-8H2/t10-,11-/m1/s1. The maximum absolute atomic E-state index is 8.28. The van der Waals surface area contributed by atoms with Crippen molar-refractivity contribution in [3.05, 3.63) is 46.3 Å². The van der Waals surface area contributed by atoms with Crippen LogP contribution in [0.25, 0.3) is 10.4 Å². The third-order valence-electron chi connectivity index (χ3n) is 2.50. The predicted octanol–water partition coefficient (Wildman–Crippen LogP) is 2.28. The van der Waals surface area contributed by atoms with E-state index in [4.69, 9.17) is 15.0 Å². The maximum atomic E-state index is 8.28. The van der Waals surface area contributed by atoms with Crippen molar-refractivity contribution in [2.24, 2.45) is 5.11 Å². The van der Waals surface area contributed by atoms with Gasteiger partial charge in [-0.2, -0.15) is 0 Å². The van der Waals surface area contributed by atoms with Gasteiger partial charge < -0.3 is 9.47 Å². The van der Waals surface area contributed by atoms with Crippen LogP contribution in [0, 0.1) is 0 Å². The summed E-state index contributed by atoms with van der Waals surface area (Å²) in [5.74, 6) is 0. The third-order valence-corrected chi connectivity index (χ3v) is 2.50. The van der Waals surface area contributed by atoms with E-state index < -0.39 is 0 Å². The highest BCUT2D eigenvalue weighted by Gasteiger charge is 2.31. The van der Waals surface area contributed by atoms with Crippen molar-refractivity contribution < 1.29 is 9.47 Å². The van der Waals surface area contributed by atoms with Gasteiger partial charge >= 0.3 is 0 Å². The average Bonchev–Trinajstić information content (AvgIpc) is 2.31. The minimum atomic E-state index is -0.0837. The van der Waals surface area contributed by atoms with Crippen LogP contribution < -0.4 is 0 Å². The zero-order chi connectivity index (χ0) is 11.2. The molecule has 0 bridgehead atoms. The molecule has 2 rings (SSSR count). The fraction of sp³-hybridized carbons (Fsp3) is 0.455. The summed E-state index contributed by atoms with van der Waals surface area (Å²) < 4.78 is 10.7. The van der Waals surface area contributed by atoms with E-state index in [0.717, 1.165) is 5.56 Å². The monoisotopic (exact) mass is 219 g/mol. The second kappa shape index (κ2) is 5.51. The largest absolute Gasteiger partial charge is 0.375 e. The molecule has 0 saturated carbocycles. The molecule has 84 valence electrons. The van der Waals surface area contributed by atoms with E-state index in [1.54, 1.807) is 0 Å². The van der Waals surface area contributed by atoms with Crippen LogP contribution in [-0.2, 0) is 16.1 Å². The van der Waals surface area contributed by atoms with Crippen LogP contribution in [-0.4, -0.2) is 25.4 Å². The fourth-order valence-corrected chi connectivity index (χ4v) is 1.52. The number of benzene rings is 1. The highest BCUT2D eigenvalue weighted by Crippen LogP contribution is 2.17. The Hall–Kier alpha value is -1.55. The lowest BCUT2D eigenvalue weighted by atomic mass is 10.1. The Morgan fingerprint density at radius 3 is 2.88 bits per heavy atom. The van der Waals surface area contributed by atoms with E-state index in [1.807, 2.05) is 30.3 Å². The van der Waals surface area contributed by atoms with Crippen LogP contribution >= 0.6 is 0 Å². The lowest BCUT2D eigenvalue weighted by Crippen LogP contribution is -2.46. The number of rotatable bonds is 5. The smallest absolute Gasteiger partial charge is 0.0915 e. The van der Waals surface area contributed by atoms with Crippen LogP contribution in [0.2, 0.25) is 0 Å². The Kier molecular flexibility index (Phi) is 3.77. The molecule has 0 amide bonds. The topological polar surface area (TPSA) is 67.2 Å². The van der Waals surface area contributed by atoms with Crippen molar-refractivity contribution in [1.29, 1.82) is 0 Å². The summed E-state index contributed by atoms with van der Waals surface area (Å²) in [5.41, 5.74) is 9.41. The molecule has 1 saturated heterocycles. The highest BCUT2D eigenvalue weighted by molar-refractivity contribution is 5.13. The van der Waals surface area contributed by atoms with Crippen molar-refractivity contribution in [3.63, 3.8) is 0 Å². The van der Waals surface area contributed by atoms with Gasteiger partial charge in [0.2, 0.25) is 0 Å². The second-order valence-electron chi connectivity index (χ2n) is 3.64. The number of hydrogen-bond donors (Lipinski definition) is 0. The molecule has 1 aliphatic heterocycles. The number of azide groups is 1. The highest BCUT2D eigenvalue weighted by atomic mass is 16.5. The van der Waals surface area contributed by atoms with Gasteiger partial charge in [0, 0.05) is 4.91 Å². The Morgan fingerprint density at radius 2 is 2.25 bits per heavy atom. The Morgan fingerprint density at radius 1 is 1.44 bits per heavy atom. The first-order chi connectivity index (χ1) is 7.90. The fourth-order valence-electron chi connectivity index (χ4n) is 1.52. The van der Waals surface area contributed by atoms with Gasteiger partial charge in [-0.1, -0.05) is 35.4 Å². The summed E-state index contributed by atoms with van der Waals surface area (Å²) in [6.45, 7) is 1.53.